The van der Waals surface area contributed by atoms with E-state index >= 15 is 0 Å². The molecule has 3 aromatic rings. The summed E-state index contributed by atoms with van der Waals surface area (Å²) >= 11 is 5.88. The zero-order valence-corrected chi connectivity index (χ0v) is 15.9. The minimum Gasteiger partial charge on any atom is -0.389 e. The monoisotopic (exact) mass is 397 g/mol. The Morgan fingerprint density at radius 1 is 1.29 bits per heavy atom. The van der Waals surface area contributed by atoms with E-state index in [9.17, 15) is 9.90 Å². The van der Waals surface area contributed by atoms with Gasteiger partial charge in [0, 0.05) is 18.2 Å². The zero-order valence-electron chi connectivity index (χ0n) is 15.1. The third-order valence-electron chi connectivity index (χ3n) is 4.86. The molecular formula is C21H20ClN3O3. The predicted molar refractivity (Wildman–Crippen MR) is 106 cm³/mol. The number of hydrogen-bond acceptors (Lipinski definition) is 5. The topological polar surface area (TPSA) is 84.3 Å². The van der Waals surface area contributed by atoms with Crippen molar-refractivity contribution < 1.29 is 14.6 Å². The fourth-order valence-corrected chi connectivity index (χ4v) is 3.49. The quantitative estimate of drug-likeness (QED) is 0.661. The second kappa shape index (κ2) is 8.22. The van der Waals surface area contributed by atoms with E-state index in [1.165, 1.54) is 0 Å². The molecule has 7 heteroatoms. The zero-order chi connectivity index (χ0) is 19.5. The average molecular weight is 398 g/mol. The summed E-state index contributed by atoms with van der Waals surface area (Å²) in [5, 5.41) is 14.3. The van der Waals surface area contributed by atoms with Crippen molar-refractivity contribution >= 4 is 28.4 Å². The Hall–Kier alpha value is -2.54. The lowest BCUT2D eigenvalue weighted by molar-refractivity contribution is -0.0261. The average Bonchev–Trinajstić information content (AvgIpc) is 2.71. The Morgan fingerprint density at radius 2 is 2.14 bits per heavy atom. The SMILES string of the molecule is O=C(N[C@H]1CCOC[C@@H]1O)c1cc(Cc2ccc(Cl)nc2)c2ccccc2n1. The second-order valence-corrected chi connectivity index (χ2v) is 7.25. The van der Waals surface area contributed by atoms with E-state index in [0.717, 1.165) is 22.0 Å². The first kappa shape index (κ1) is 18.8. The van der Waals surface area contributed by atoms with Crippen LogP contribution in [-0.2, 0) is 11.2 Å². The highest BCUT2D eigenvalue weighted by Crippen LogP contribution is 2.22. The number of benzene rings is 1. The number of hydrogen-bond donors (Lipinski definition) is 2. The normalized spacial score (nSPS) is 19.5. The summed E-state index contributed by atoms with van der Waals surface area (Å²) < 4.78 is 5.22. The number of para-hydroxylation sites is 1. The van der Waals surface area contributed by atoms with Gasteiger partial charge in [-0.2, -0.15) is 0 Å². The van der Waals surface area contributed by atoms with E-state index in [4.69, 9.17) is 16.3 Å². The van der Waals surface area contributed by atoms with Crippen LogP contribution in [0.4, 0.5) is 0 Å². The second-order valence-electron chi connectivity index (χ2n) is 6.86. The molecule has 0 radical (unpaired) electrons. The number of amides is 1. The first-order chi connectivity index (χ1) is 13.6. The number of carbonyl (C=O) groups excluding carboxylic acids is 1. The summed E-state index contributed by atoms with van der Waals surface area (Å²) in [6.07, 6.45) is 2.20. The van der Waals surface area contributed by atoms with Crippen molar-refractivity contribution in [2.75, 3.05) is 13.2 Å². The number of carbonyl (C=O) groups is 1. The maximum atomic E-state index is 12.8. The molecule has 144 valence electrons. The Bertz CT molecular complexity index is 994. The molecule has 0 aliphatic carbocycles. The van der Waals surface area contributed by atoms with Gasteiger partial charge in [0.2, 0.25) is 0 Å². The third-order valence-corrected chi connectivity index (χ3v) is 5.08. The Labute approximate surface area is 167 Å². The van der Waals surface area contributed by atoms with Gasteiger partial charge in [-0.25, -0.2) is 9.97 Å². The first-order valence-electron chi connectivity index (χ1n) is 9.16. The van der Waals surface area contributed by atoms with E-state index in [1.807, 2.05) is 30.3 Å². The Morgan fingerprint density at radius 3 is 2.93 bits per heavy atom. The van der Waals surface area contributed by atoms with Gasteiger partial charge in [-0.3, -0.25) is 4.79 Å². The Kier molecular flexibility index (Phi) is 5.52. The number of aliphatic hydroxyl groups excluding tert-OH is 1. The number of pyridine rings is 2. The Balaban J connectivity index is 1.65. The number of nitrogens with one attached hydrogen (secondary N) is 1. The highest BCUT2D eigenvalue weighted by atomic mass is 35.5. The molecule has 0 bridgehead atoms. The largest absolute Gasteiger partial charge is 0.389 e. The van der Waals surface area contributed by atoms with E-state index in [0.29, 0.717) is 30.3 Å². The summed E-state index contributed by atoms with van der Waals surface area (Å²) in [7, 11) is 0. The lowest BCUT2D eigenvalue weighted by Crippen LogP contribution is -2.48. The number of aromatic nitrogens is 2. The van der Waals surface area contributed by atoms with Crippen molar-refractivity contribution in [3.63, 3.8) is 0 Å². The molecule has 1 amide bonds. The van der Waals surface area contributed by atoms with Crippen LogP contribution in [0.3, 0.4) is 0 Å². The maximum Gasteiger partial charge on any atom is 0.270 e. The molecule has 1 aliphatic heterocycles. The summed E-state index contributed by atoms with van der Waals surface area (Å²) in [5.74, 6) is -0.299. The highest BCUT2D eigenvalue weighted by Gasteiger charge is 2.26. The number of rotatable bonds is 4. The van der Waals surface area contributed by atoms with Crippen molar-refractivity contribution in [3.8, 4) is 0 Å². The van der Waals surface area contributed by atoms with Crippen LogP contribution in [0.5, 0.6) is 0 Å². The predicted octanol–water partition coefficient (Wildman–Crippen LogP) is 2.75. The van der Waals surface area contributed by atoms with Gasteiger partial charge < -0.3 is 15.2 Å². The van der Waals surface area contributed by atoms with Gasteiger partial charge >= 0.3 is 0 Å². The third kappa shape index (κ3) is 4.14. The van der Waals surface area contributed by atoms with Crippen molar-refractivity contribution in [1.29, 1.82) is 0 Å². The van der Waals surface area contributed by atoms with E-state index in [2.05, 4.69) is 15.3 Å². The fourth-order valence-electron chi connectivity index (χ4n) is 3.37. The lowest BCUT2D eigenvalue weighted by atomic mass is 10.0. The fraction of sp³-hybridized carbons (Fsp3) is 0.286. The van der Waals surface area contributed by atoms with Crippen molar-refractivity contribution in [2.45, 2.75) is 25.0 Å². The van der Waals surface area contributed by atoms with E-state index in [1.54, 1.807) is 18.3 Å². The van der Waals surface area contributed by atoms with Gasteiger partial charge in [0.25, 0.3) is 5.91 Å². The summed E-state index contributed by atoms with van der Waals surface area (Å²) in [6, 6.07) is 12.9. The molecule has 3 heterocycles. The molecule has 1 aliphatic rings. The molecule has 4 rings (SSSR count). The van der Waals surface area contributed by atoms with Crippen LogP contribution >= 0.6 is 11.6 Å². The first-order valence-corrected chi connectivity index (χ1v) is 9.54. The number of nitrogens with zero attached hydrogens (tertiary/aromatic N) is 2. The highest BCUT2D eigenvalue weighted by molar-refractivity contribution is 6.29. The van der Waals surface area contributed by atoms with Crippen LogP contribution in [0.1, 0.15) is 28.0 Å². The molecule has 1 aromatic carbocycles. The van der Waals surface area contributed by atoms with Crippen molar-refractivity contribution in [2.24, 2.45) is 0 Å². The maximum absolute atomic E-state index is 12.8. The molecule has 1 fully saturated rings. The molecule has 2 atom stereocenters. The van der Waals surface area contributed by atoms with Crippen molar-refractivity contribution in [3.05, 3.63) is 70.6 Å². The summed E-state index contributed by atoms with van der Waals surface area (Å²) in [5.41, 5.74) is 3.05. The minimum absolute atomic E-state index is 0.227. The van der Waals surface area contributed by atoms with Gasteiger partial charge in [0.15, 0.2) is 0 Å². The molecule has 28 heavy (non-hydrogen) atoms. The molecule has 2 N–H and O–H groups in total. The summed E-state index contributed by atoms with van der Waals surface area (Å²) in [4.78, 5) is 21.4. The molecule has 1 saturated heterocycles. The molecule has 2 aromatic heterocycles. The van der Waals surface area contributed by atoms with Gasteiger partial charge in [-0.1, -0.05) is 35.9 Å². The smallest absolute Gasteiger partial charge is 0.270 e. The van der Waals surface area contributed by atoms with Gasteiger partial charge in [0.1, 0.15) is 10.8 Å². The van der Waals surface area contributed by atoms with Crippen LogP contribution < -0.4 is 5.32 Å². The number of fused-ring (bicyclic) bond motifs is 1. The van der Waals surface area contributed by atoms with Crippen LogP contribution in [0.25, 0.3) is 10.9 Å². The van der Waals surface area contributed by atoms with Crippen LogP contribution in [0.2, 0.25) is 5.15 Å². The number of halogens is 1. The number of ether oxygens (including phenoxy) is 1. The molecule has 0 unspecified atom stereocenters. The van der Waals surface area contributed by atoms with Gasteiger partial charge in [0.05, 0.1) is 24.3 Å². The van der Waals surface area contributed by atoms with Crippen LogP contribution in [-0.4, -0.2) is 46.3 Å². The van der Waals surface area contributed by atoms with E-state index < -0.39 is 6.10 Å². The van der Waals surface area contributed by atoms with Gasteiger partial charge in [-0.15, -0.1) is 0 Å². The summed E-state index contributed by atoms with van der Waals surface area (Å²) in [6.45, 7) is 0.743. The molecule has 0 saturated carbocycles. The van der Waals surface area contributed by atoms with Crippen molar-refractivity contribution in [1.82, 2.24) is 15.3 Å². The van der Waals surface area contributed by atoms with Crippen LogP contribution in [0.15, 0.2) is 48.7 Å². The molecule has 6 nitrogen and oxygen atoms in total. The standard InChI is InChI=1S/C21H20ClN3O3/c22-20-6-5-13(11-23-20)9-14-10-18(24-16-4-2-1-3-15(14)16)21(27)25-17-7-8-28-12-19(17)26/h1-6,10-11,17,19,26H,7-9,12H2,(H,25,27)/t17-,19-/m0/s1. The lowest BCUT2D eigenvalue weighted by Gasteiger charge is -2.28. The minimum atomic E-state index is -0.710. The molecular weight excluding hydrogens is 378 g/mol. The number of aliphatic hydroxyl groups is 1. The van der Waals surface area contributed by atoms with E-state index in [-0.39, 0.29) is 18.6 Å². The van der Waals surface area contributed by atoms with Crippen LogP contribution in [0, 0.1) is 0 Å². The van der Waals surface area contributed by atoms with Gasteiger partial charge in [-0.05, 0) is 42.2 Å². The molecule has 0 spiro atoms.